The molecule has 6 nitrogen and oxygen atoms in total. The number of anilines is 2. The van der Waals surface area contributed by atoms with Crippen LogP contribution in [0.15, 0.2) is 114 Å². The molecule has 0 amide bonds. The van der Waals surface area contributed by atoms with Crippen LogP contribution < -0.4 is 9.80 Å². The molecule has 3 heterocycles. The number of phenols is 1. The number of furan rings is 1. The second-order valence-corrected chi connectivity index (χ2v) is 12.4. The van der Waals surface area contributed by atoms with Gasteiger partial charge in [-0.2, -0.15) is 18.2 Å². The summed E-state index contributed by atoms with van der Waals surface area (Å²) in [6.45, 7) is 10.9. The first-order chi connectivity index (χ1) is 22.4. The third-order valence-electron chi connectivity index (χ3n) is 8.87. The molecule has 7 heteroatoms. The van der Waals surface area contributed by atoms with E-state index in [0.29, 0.717) is 11.4 Å². The normalized spacial score (nSPS) is 13.1. The van der Waals surface area contributed by atoms with Crippen molar-refractivity contribution in [3.8, 4) is 22.8 Å². The third-order valence-corrected chi connectivity index (χ3v) is 8.87. The van der Waals surface area contributed by atoms with Gasteiger partial charge in [0.25, 0.3) is 0 Å². The van der Waals surface area contributed by atoms with Crippen molar-refractivity contribution in [3.05, 3.63) is 133 Å². The maximum atomic E-state index is 11.1. The minimum absolute atomic E-state index is 0. The minimum atomic E-state index is 0. The fraction of sp³-hybridized carbons (Fsp3) is 0.150. The molecule has 1 N–H and O–H groups in total. The monoisotopic (exact) mass is 797 g/mol. The van der Waals surface area contributed by atoms with Crippen LogP contribution in [0.2, 0.25) is 0 Å². The summed E-state index contributed by atoms with van der Waals surface area (Å²) >= 11 is 0. The van der Waals surface area contributed by atoms with Crippen LogP contribution in [-0.4, -0.2) is 14.7 Å². The van der Waals surface area contributed by atoms with Gasteiger partial charge in [0, 0.05) is 16.7 Å². The average molecular weight is 798 g/mol. The van der Waals surface area contributed by atoms with Gasteiger partial charge in [-0.1, -0.05) is 93.4 Å². The number of imidazole rings is 1. The van der Waals surface area contributed by atoms with E-state index in [-0.39, 0.29) is 38.7 Å². The summed E-state index contributed by atoms with van der Waals surface area (Å²) in [5.74, 6) is 1.47. The average Bonchev–Trinajstić information content (AvgIpc) is 3.80. The summed E-state index contributed by atoms with van der Waals surface area (Å²) in [5, 5.41) is 13.2. The zero-order chi connectivity index (χ0) is 31.5. The molecule has 2 aromatic heterocycles. The zero-order valence-corrected chi connectivity index (χ0v) is 28.9. The van der Waals surface area contributed by atoms with E-state index in [9.17, 15) is 5.11 Å². The molecule has 0 unspecified atom stereocenters. The summed E-state index contributed by atoms with van der Waals surface area (Å²) in [6.07, 6.45) is 4.05. The van der Waals surface area contributed by atoms with Gasteiger partial charge in [0.1, 0.15) is 22.7 Å². The zero-order valence-electron chi connectivity index (χ0n) is 26.6. The molecule has 0 saturated carbocycles. The molecule has 0 atom stereocenters. The largest absolute Gasteiger partial charge is 2.00 e. The maximum absolute atomic E-state index is 11.1. The number of fused-ring (bicyclic) bond motifs is 4. The number of para-hydroxylation sites is 4. The Kier molecular flexibility index (Phi) is 7.93. The van der Waals surface area contributed by atoms with Gasteiger partial charge in [0.15, 0.2) is 0 Å². The van der Waals surface area contributed by atoms with Crippen LogP contribution in [0.4, 0.5) is 11.4 Å². The molecule has 0 saturated heterocycles. The van der Waals surface area contributed by atoms with Crippen LogP contribution in [-0.2, 0) is 21.1 Å². The fourth-order valence-corrected chi connectivity index (χ4v) is 6.63. The van der Waals surface area contributed by atoms with Crippen LogP contribution in [0, 0.1) is 12.7 Å². The molecule has 0 fully saturated rings. The van der Waals surface area contributed by atoms with Crippen LogP contribution in [0.3, 0.4) is 0 Å². The van der Waals surface area contributed by atoms with Gasteiger partial charge >= 0.3 is 21.1 Å². The Hall–Kier alpha value is -4.80. The van der Waals surface area contributed by atoms with Crippen molar-refractivity contribution in [1.29, 1.82) is 0 Å². The van der Waals surface area contributed by atoms with Gasteiger partial charge in [0.05, 0.1) is 16.8 Å². The molecule has 47 heavy (non-hydrogen) atoms. The molecule has 0 radical (unpaired) electrons. The Morgan fingerprint density at radius 1 is 0.766 bits per heavy atom. The van der Waals surface area contributed by atoms with Crippen molar-refractivity contribution in [2.75, 3.05) is 9.80 Å². The summed E-state index contributed by atoms with van der Waals surface area (Å²) in [5.41, 5.74) is 9.51. The van der Waals surface area contributed by atoms with Crippen molar-refractivity contribution >= 4 is 44.3 Å². The second-order valence-electron chi connectivity index (χ2n) is 12.4. The second kappa shape index (κ2) is 12.1. The molecular weight excluding hydrogens is 764 g/mol. The SMILES string of the molecule is CC(C)c1cccc(C(C)C)c1-n1c(-c2ccccc2O)nc2c(N3C=CN(c4[c-]ccc5c4oc4ccccc45)[CH-]3)cccc21.[Pt+2]. The van der Waals surface area contributed by atoms with Crippen LogP contribution in [0.1, 0.15) is 50.7 Å². The molecule has 5 aromatic carbocycles. The van der Waals surface area contributed by atoms with E-state index in [4.69, 9.17) is 9.40 Å². The smallest absolute Gasteiger partial charge is 0.514 e. The molecule has 0 spiro atoms. The Morgan fingerprint density at radius 3 is 2.23 bits per heavy atom. The number of hydrogen-bond acceptors (Lipinski definition) is 5. The van der Waals surface area contributed by atoms with Gasteiger partial charge in [-0.3, -0.25) is 4.57 Å². The minimum Gasteiger partial charge on any atom is -0.514 e. The van der Waals surface area contributed by atoms with E-state index in [2.05, 4.69) is 91.8 Å². The Labute approximate surface area is 288 Å². The molecule has 0 aliphatic carbocycles. The summed E-state index contributed by atoms with van der Waals surface area (Å²) in [7, 11) is 0. The molecule has 0 bridgehead atoms. The number of phenolic OH excluding ortho intramolecular Hbond substituents is 1. The number of benzene rings is 5. The quantitative estimate of drug-likeness (QED) is 0.170. The van der Waals surface area contributed by atoms with E-state index in [0.717, 1.165) is 50.0 Å². The number of nitrogens with zero attached hydrogens (tertiary/aromatic N) is 4. The summed E-state index contributed by atoms with van der Waals surface area (Å²) < 4.78 is 8.56. The fourth-order valence-electron chi connectivity index (χ4n) is 6.63. The van der Waals surface area contributed by atoms with E-state index < -0.39 is 0 Å². The third kappa shape index (κ3) is 5.03. The van der Waals surface area contributed by atoms with Gasteiger partial charge in [-0.05, 0) is 65.7 Å². The van der Waals surface area contributed by atoms with Crippen LogP contribution >= 0.6 is 0 Å². The topological polar surface area (TPSA) is 57.7 Å². The van der Waals surface area contributed by atoms with Crippen molar-refractivity contribution in [2.45, 2.75) is 39.5 Å². The summed E-state index contributed by atoms with van der Waals surface area (Å²) in [4.78, 5) is 9.43. The first-order valence-corrected chi connectivity index (χ1v) is 15.8. The molecule has 236 valence electrons. The first-order valence-electron chi connectivity index (χ1n) is 15.8. The van der Waals surface area contributed by atoms with E-state index in [1.165, 1.54) is 11.1 Å². The van der Waals surface area contributed by atoms with Crippen LogP contribution in [0.25, 0.3) is 50.0 Å². The van der Waals surface area contributed by atoms with Crippen molar-refractivity contribution in [2.24, 2.45) is 0 Å². The predicted molar refractivity (Wildman–Crippen MR) is 187 cm³/mol. The van der Waals surface area contributed by atoms with Gasteiger partial charge < -0.3 is 19.3 Å². The molecule has 8 rings (SSSR count). The van der Waals surface area contributed by atoms with Gasteiger partial charge in [0.2, 0.25) is 0 Å². The van der Waals surface area contributed by atoms with E-state index >= 15 is 0 Å². The number of aromatic hydroxyl groups is 1. The van der Waals surface area contributed by atoms with Gasteiger partial charge in [-0.15, -0.1) is 6.67 Å². The Morgan fingerprint density at radius 2 is 1.47 bits per heavy atom. The molecule has 1 aliphatic rings. The molecule has 1 aliphatic heterocycles. The number of aromatic nitrogens is 2. The number of hydrogen-bond donors (Lipinski definition) is 1. The van der Waals surface area contributed by atoms with Crippen molar-refractivity contribution in [3.63, 3.8) is 0 Å². The predicted octanol–water partition coefficient (Wildman–Crippen LogP) is 10.3. The molecular formula is C40H34N4O2Pt. The number of rotatable bonds is 6. The standard InChI is InChI=1S/C40H34N4O2.Pt/c1-25(2)27-14-9-15-28(26(3)4)38(27)44-33-18-11-17-32(37(33)41-40(44)31-13-5-7-20-35(31)45)42-22-23-43(24-42)34-19-10-16-30-29-12-6-8-21-36(29)46-39(30)34;/h5-18,20-26,45H,1-4H3;/q-2;+2. The Bertz CT molecular complexity index is 2270. The van der Waals surface area contributed by atoms with E-state index in [1.54, 1.807) is 6.07 Å². The van der Waals surface area contributed by atoms with Crippen LogP contribution in [0.5, 0.6) is 5.75 Å². The van der Waals surface area contributed by atoms with Crippen molar-refractivity contribution < 1.29 is 30.6 Å². The van der Waals surface area contributed by atoms with E-state index in [1.807, 2.05) is 66.4 Å². The van der Waals surface area contributed by atoms with Crippen molar-refractivity contribution in [1.82, 2.24) is 9.55 Å². The maximum Gasteiger partial charge on any atom is 2.00 e. The Balaban J connectivity index is 0.00000351. The summed E-state index contributed by atoms with van der Waals surface area (Å²) in [6, 6.07) is 35.8. The molecule has 7 aromatic rings. The first kappa shape index (κ1) is 30.8. The van der Waals surface area contributed by atoms with Gasteiger partial charge in [-0.25, -0.2) is 4.98 Å².